The van der Waals surface area contributed by atoms with Crippen LogP contribution in [-0.4, -0.2) is 36.3 Å². The second kappa shape index (κ2) is 6.90. The second-order valence-electron chi connectivity index (χ2n) is 4.60. The molecular formula is C15H19N3O3. The Bertz CT molecular complexity index is 592. The number of carbonyl (C=O) groups excluding carboxylic acids is 1. The van der Waals surface area contributed by atoms with Gasteiger partial charge in [0.25, 0.3) is 0 Å². The van der Waals surface area contributed by atoms with E-state index in [9.17, 15) is 4.79 Å². The summed E-state index contributed by atoms with van der Waals surface area (Å²) in [6.45, 7) is 0.0110. The number of rotatable bonds is 6. The molecule has 0 aliphatic carbocycles. The van der Waals surface area contributed by atoms with E-state index in [2.05, 4.69) is 10.3 Å². The van der Waals surface area contributed by atoms with Crippen molar-refractivity contribution in [2.45, 2.75) is 6.04 Å². The summed E-state index contributed by atoms with van der Waals surface area (Å²) >= 11 is 0. The first-order chi connectivity index (χ1) is 10.2. The Morgan fingerprint density at radius 1 is 1.33 bits per heavy atom. The minimum Gasteiger partial charge on any atom is -0.497 e. The molecule has 0 saturated carbocycles. The zero-order chi connectivity index (χ0) is 15.2. The van der Waals surface area contributed by atoms with E-state index < -0.39 is 0 Å². The number of ether oxygens (including phenoxy) is 2. The number of nitrogens with one attached hydrogen (secondary N) is 1. The smallest absolute Gasteiger partial charge is 0.246 e. The third-order valence-electron chi connectivity index (χ3n) is 3.15. The molecule has 1 heterocycles. The van der Waals surface area contributed by atoms with Crippen LogP contribution in [0.4, 0.5) is 0 Å². The molecule has 1 N–H and O–H groups in total. The molecule has 0 spiro atoms. The van der Waals surface area contributed by atoms with Crippen LogP contribution in [0.15, 0.2) is 36.7 Å². The normalized spacial score (nSPS) is 12.0. The molecule has 0 fully saturated rings. The number of methoxy groups -OCH3 is 2. The summed E-state index contributed by atoms with van der Waals surface area (Å²) in [5.74, 6) is 1.33. The molecule has 0 aliphatic rings. The minimum atomic E-state index is -0.335. The number of hydrogen-bond acceptors (Lipinski definition) is 4. The molecule has 0 bridgehead atoms. The van der Waals surface area contributed by atoms with Gasteiger partial charge < -0.3 is 19.4 Å². The summed E-state index contributed by atoms with van der Waals surface area (Å²) in [6, 6.07) is 7.19. The number of aryl methyl sites for hydroxylation is 1. The molecule has 0 unspecified atom stereocenters. The predicted molar refractivity (Wildman–Crippen MR) is 78.1 cm³/mol. The van der Waals surface area contributed by atoms with Crippen LogP contribution in [0, 0.1) is 0 Å². The Balaban J connectivity index is 2.30. The summed E-state index contributed by atoms with van der Waals surface area (Å²) in [7, 11) is 5.00. The fourth-order valence-corrected chi connectivity index (χ4v) is 2.08. The van der Waals surface area contributed by atoms with Gasteiger partial charge in [-0.3, -0.25) is 4.79 Å². The van der Waals surface area contributed by atoms with Gasteiger partial charge in [0.15, 0.2) is 0 Å². The van der Waals surface area contributed by atoms with Gasteiger partial charge in [0.05, 0.1) is 7.11 Å². The van der Waals surface area contributed by atoms with Gasteiger partial charge in [-0.2, -0.15) is 0 Å². The summed E-state index contributed by atoms with van der Waals surface area (Å²) in [4.78, 5) is 16.2. The Labute approximate surface area is 123 Å². The molecule has 0 radical (unpaired) electrons. The van der Waals surface area contributed by atoms with Gasteiger partial charge in [-0.05, 0) is 17.7 Å². The van der Waals surface area contributed by atoms with Crippen molar-refractivity contribution in [2.75, 3.05) is 20.8 Å². The van der Waals surface area contributed by atoms with E-state index in [-0.39, 0.29) is 18.6 Å². The highest BCUT2D eigenvalue weighted by molar-refractivity contribution is 5.78. The lowest BCUT2D eigenvalue weighted by atomic mass is 10.1. The SMILES string of the molecule is COCC(=O)N[C@@H](c1ccc(OC)cc1)c1nccn1C. The molecule has 1 aromatic heterocycles. The molecule has 1 atom stereocenters. The highest BCUT2D eigenvalue weighted by Gasteiger charge is 2.20. The van der Waals surface area contributed by atoms with Crippen molar-refractivity contribution < 1.29 is 14.3 Å². The number of nitrogens with zero attached hydrogens (tertiary/aromatic N) is 2. The predicted octanol–water partition coefficient (Wildman–Crippen LogP) is 1.28. The van der Waals surface area contributed by atoms with Crippen molar-refractivity contribution in [1.82, 2.24) is 14.9 Å². The van der Waals surface area contributed by atoms with Crippen molar-refractivity contribution in [1.29, 1.82) is 0 Å². The molecule has 6 nitrogen and oxygen atoms in total. The summed E-state index contributed by atoms with van der Waals surface area (Å²) in [5, 5.41) is 2.93. The van der Waals surface area contributed by atoms with Crippen LogP contribution in [0.2, 0.25) is 0 Å². The van der Waals surface area contributed by atoms with Crippen LogP contribution >= 0.6 is 0 Å². The lowest BCUT2D eigenvalue weighted by Gasteiger charge is -2.19. The van der Waals surface area contributed by atoms with E-state index in [4.69, 9.17) is 9.47 Å². The molecule has 1 aromatic carbocycles. The number of hydrogen-bond donors (Lipinski definition) is 1. The van der Waals surface area contributed by atoms with Gasteiger partial charge in [0.2, 0.25) is 5.91 Å². The summed E-state index contributed by atoms with van der Waals surface area (Å²) in [5.41, 5.74) is 0.926. The number of benzene rings is 1. The molecule has 2 aromatic rings. The van der Waals surface area contributed by atoms with E-state index in [0.717, 1.165) is 17.1 Å². The Morgan fingerprint density at radius 3 is 2.57 bits per heavy atom. The number of amides is 1. The van der Waals surface area contributed by atoms with Crippen LogP contribution in [0.3, 0.4) is 0 Å². The highest BCUT2D eigenvalue weighted by atomic mass is 16.5. The van der Waals surface area contributed by atoms with E-state index in [1.807, 2.05) is 42.1 Å². The topological polar surface area (TPSA) is 65.4 Å². The van der Waals surface area contributed by atoms with Gasteiger partial charge in [-0.15, -0.1) is 0 Å². The van der Waals surface area contributed by atoms with Gasteiger partial charge in [0, 0.05) is 26.6 Å². The first kappa shape index (κ1) is 15.1. The maximum absolute atomic E-state index is 11.9. The standard InChI is InChI=1S/C15H19N3O3/c1-18-9-8-16-15(18)14(17-13(19)10-20-2)11-4-6-12(21-3)7-5-11/h4-9,14H,10H2,1-3H3,(H,17,19)/t14-/m0/s1. The molecular weight excluding hydrogens is 270 g/mol. The molecule has 2 rings (SSSR count). The van der Waals surface area contributed by atoms with Crippen LogP contribution in [0.1, 0.15) is 17.4 Å². The van der Waals surface area contributed by atoms with Crippen molar-refractivity contribution in [3.05, 3.63) is 48.0 Å². The van der Waals surface area contributed by atoms with Crippen LogP contribution < -0.4 is 10.1 Å². The summed E-state index contributed by atoms with van der Waals surface area (Å²) in [6.07, 6.45) is 3.54. The van der Waals surface area contributed by atoms with Crippen molar-refractivity contribution >= 4 is 5.91 Å². The zero-order valence-electron chi connectivity index (χ0n) is 12.4. The molecule has 112 valence electrons. The molecule has 0 aliphatic heterocycles. The average molecular weight is 289 g/mol. The Kier molecular flexibility index (Phi) is 4.94. The van der Waals surface area contributed by atoms with E-state index >= 15 is 0 Å². The second-order valence-corrected chi connectivity index (χ2v) is 4.60. The summed E-state index contributed by atoms with van der Waals surface area (Å²) < 4.78 is 11.9. The third-order valence-corrected chi connectivity index (χ3v) is 3.15. The number of imidazole rings is 1. The highest BCUT2D eigenvalue weighted by Crippen LogP contribution is 2.22. The van der Waals surface area contributed by atoms with E-state index in [1.165, 1.54) is 7.11 Å². The molecule has 1 amide bonds. The van der Waals surface area contributed by atoms with E-state index in [0.29, 0.717) is 0 Å². The van der Waals surface area contributed by atoms with Crippen molar-refractivity contribution in [2.24, 2.45) is 7.05 Å². The maximum Gasteiger partial charge on any atom is 0.246 e. The quantitative estimate of drug-likeness (QED) is 0.870. The van der Waals surface area contributed by atoms with Gasteiger partial charge >= 0.3 is 0 Å². The lowest BCUT2D eigenvalue weighted by molar-refractivity contribution is -0.125. The Hall–Kier alpha value is -2.34. The van der Waals surface area contributed by atoms with Crippen molar-refractivity contribution in [3.63, 3.8) is 0 Å². The maximum atomic E-state index is 11.9. The monoisotopic (exact) mass is 289 g/mol. The van der Waals surface area contributed by atoms with Crippen LogP contribution in [0.25, 0.3) is 0 Å². The largest absolute Gasteiger partial charge is 0.497 e. The number of aromatic nitrogens is 2. The molecule has 0 saturated heterocycles. The molecule has 6 heteroatoms. The van der Waals surface area contributed by atoms with Crippen molar-refractivity contribution in [3.8, 4) is 5.75 Å². The fourth-order valence-electron chi connectivity index (χ4n) is 2.08. The number of carbonyl (C=O) groups is 1. The fraction of sp³-hybridized carbons (Fsp3) is 0.333. The Morgan fingerprint density at radius 2 is 2.05 bits per heavy atom. The zero-order valence-corrected chi connectivity index (χ0v) is 12.4. The lowest BCUT2D eigenvalue weighted by Crippen LogP contribution is -2.33. The van der Waals surface area contributed by atoms with Gasteiger partial charge in [0.1, 0.15) is 24.2 Å². The third kappa shape index (κ3) is 3.61. The van der Waals surface area contributed by atoms with Crippen LogP contribution in [-0.2, 0) is 16.6 Å². The average Bonchev–Trinajstić information content (AvgIpc) is 2.91. The van der Waals surface area contributed by atoms with Crippen LogP contribution in [0.5, 0.6) is 5.75 Å². The first-order valence-electron chi connectivity index (χ1n) is 6.55. The van der Waals surface area contributed by atoms with Gasteiger partial charge in [-0.25, -0.2) is 4.98 Å². The molecule has 21 heavy (non-hydrogen) atoms. The minimum absolute atomic E-state index is 0.0110. The van der Waals surface area contributed by atoms with Gasteiger partial charge in [-0.1, -0.05) is 12.1 Å². The van der Waals surface area contributed by atoms with E-state index in [1.54, 1.807) is 13.3 Å². The first-order valence-corrected chi connectivity index (χ1v) is 6.55.